The lowest BCUT2D eigenvalue weighted by molar-refractivity contribution is -0.123. The first-order valence-electron chi connectivity index (χ1n) is 7.42. The molecule has 1 aromatic carbocycles. The first-order chi connectivity index (χ1) is 10.3. The highest BCUT2D eigenvalue weighted by atomic mass is 35.5. The second-order valence-electron chi connectivity index (χ2n) is 5.99. The molecule has 2 N–H and O–H groups in total. The monoisotopic (exact) mass is 348 g/mol. The highest BCUT2D eigenvalue weighted by Gasteiger charge is 2.42. The Hall–Kier alpha value is -1.40. The molecule has 130 valence electrons. The minimum atomic E-state index is -2.81. The summed E-state index contributed by atoms with van der Waals surface area (Å²) in [6.07, 6.45) is -0.436. The molecule has 1 fully saturated rings. The van der Waals surface area contributed by atoms with Gasteiger partial charge < -0.3 is 10.1 Å². The molecular formula is C16H23ClF2N2O2. The predicted octanol–water partition coefficient (Wildman–Crippen LogP) is 2.82. The number of hydrogen-bond donors (Lipinski definition) is 2. The normalized spacial score (nSPS) is 19.3. The Balaban J connectivity index is 0.00000264. The van der Waals surface area contributed by atoms with Gasteiger partial charge in [0.15, 0.2) is 0 Å². The average molecular weight is 349 g/mol. The van der Waals surface area contributed by atoms with Crippen molar-refractivity contribution in [1.29, 1.82) is 0 Å². The molecule has 1 heterocycles. The number of benzene rings is 1. The first-order valence-corrected chi connectivity index (χ1v) is 7.42. The molecule has 2 rings (SSSR count). The summed E-state index contributed by atoms with van der Waals surface area (Å²) in [7, 11) is 0. The minimum absolute atomic E-state index is 0. The van der Waals surface area contributed by atoms with E-state index in [4.69, 9.17) is 4.74 Å². The Morgan fingerprint density at radius 1 is 1.48 bits per heavy atom. The fraction of sp³-hybridized carbons (Fsp3) is 0.562. The number of aryl methyl sites for hydroxylation is 1. The van der Waals surface area contributed by atoms with Gasteiger partial charge in [0.25, 0.3) is 5.92 Å². The van der Waals surface area contributed by atoms with Crippen LogP contribution in [0, 0.1) is 6.92 Å². The van der Waals surface area contributed by atoms with E-state index in [1.54, 1.807) is 0 Å². The number of alkyl halides is 2. The third-order valence-corrected chi connectivity index (χ3v) is 3.46. The molecule has 1 aliphatic rings. The molecule has 1 saturated heterocycles. The maximum absolute atomic E-state index is 13.1. The first kappa shape index (κ1) is 19.6. The van der Waals surface area contributed by atoms with Crippen LogP contribution in [-0.2, 0) is 11.3 Å². The summed E-state index contributed by atoms with van der Waals surface area (Å²) in [6, 6.07) is 4.87. The number of nitrogens with one attached hydrogen (secondary N) is 2. The molecule has 0 spiro atoms. The summed E-state index contributed by atoms with van der Waals surface area (Å²) >= 11 is 0. The van der Waals surface area contributed by atoms with E-state index in [2.05, 4.69) is 10.6 Å². The molecule has 23 heavy (non-hydrogen) atoms. The summed E-state index contributed by atoms with van der Waals surface area (Å²) < 4.78 is 31.9. The van der Waals surface area contributed by atoms with Crippen LogP contribution < -0.4 is 15.4 Å². The quantitative estimate of drug-likeness (QED) is 0.860. The summed E-state index contributed by atoms with van der Waals surface area (Å²) in [5.41, 5.74) is 1.89. The molecule has 0 radical (unpaired) electrons. The summed E-state index contributed by atoms with van der Waals surface area (Å²) in [5, 5.41) is 5.24. The van der Waals surface area contributed by atoms with Gasteiger partial charge in [-0.15, -0.1) is 12.4 Å². The number of carbonyl (C=O) groups is 1. The lowest BCUT2D eigenvalue weighted by Gasteiger charge is -2.16. The van der Waals surface area contributed by atoms with E-state index in [9.17, 15) is 13.6 Å². The van der Waals surface area contributed by atoms with Crippen LogP contribution in [0.25, 0.3) is 0 Å². The molecule has 1 amide bonds. The molecule has 1 unspecified atom stereocenters. The molecule has 0 aromatic heterocycles. The third kappa shape index (κ3) is 5.62. The molecule has 1 aromatic rings. The van der Waals surface area contributed by atoms with Crippen LogP contribution in [0.5, 0.6) is 5.75 Å². The van der Waals surface area contributed by atoms with Crippen LogP contribution in [0.15, 0.2) is 18.2 Å². The number of ether oxygens (including phenoxy) is 1. The minimum Gasteiger partial charge on any atom is -0.491 e. The van der Waals surface area contributed by atoms with E-state index in [0.717, 1.165) is 11.1 Å². The molecule has 7 heteroatoms. The lowest BCUT2D eigenvalue weighted by atomic mass is 10.1. The van der Waals surface area contributed by atoms with Gasteiger partial charge in [-0.25, -0.2) is 8.78 Å². The van der Waals surface area contributed by atoms with Crippen LogP contribution >= 0.6 is 12.4 Å². The topological polar surface area (TPSA) is 50.4 Å². The van der Waals surface area contributed by atoms with E-state index >= 15 is 0 Å². The van der Waals surface area contributed by atoms with Gasteiger partial charge in [0, 0.05) is 18.5 Å². The van der Waals surface area contributed by atoms with Crippen molar-refractivity contribution in [2.75, 3.05) is 6.54 Å². The van der Waals surface area contributed by atoms with E-state index in [1.165, 1.54) is 0 Å². The van der Waals surface area contributed by atoms with E-state index < -0.39 is 30.8 Å². The van der Waals surface area contributed by atoms with Crippen LogP contribution in [0.4, 0.5) is 8.78 Å². The summed E-state index contributed by atoms with van der Waals surface area (Å²) in [5.74, 6) is -2.51. The molecule has 1 aliphatic heterocycles. The molecule has 0 aliphatic carbocycles. The maximum atomic E-state index is 13.1. The molecule has 1 atom stereocenters. The molecule has 4 nitrogen and oxygen atoms in total. The van der Waals surface area contributed by atoms with Crippen molar-refractivity contribution in [3.63, 3.8) is 0 Å². The van der Waals surface area contributed by atoms with Crippen LogP contribution in [0.3, 0.4) is 0 Å². The molecular weight excluding hydrogens is 326 g/mol. The van der Waals surface area contributed by atoms with Gasteiger partial charge in [-0.05, 0) is 32.4 Å². The van der Waals surface area contributed by atoms with Crippen molar-refractivity contribution in [1.82, 2.24) is 10.6 Å². The van der Waals surface area contributed by atoms with Crippen LogP contribution in [0.2, 0.25) is 0 Å². The Morgan fingerprint density at radius 2 is 2.17 bits per heavy atom. The Morgan fingerprint density at radius 3 is 2.74 bits per heavy atom. The average Bonchev–Trinajstić information content (AvgIpc) is 2.77. The number of carbonyl (C=O) groups excluding carboxylic acids is 1. The van der Waals surface area contributed by atoms with Crippen molar-refractivity contribution >= 4 is 18.3 Å². The smallest absolute Gasteiger partial charge is 0.262 e. The van der Waals surface area contributed by atoms with E-state index in [0.29, 0.717) is 5.75 Å². The molecule has 0 saturated carbocycles. The summed E-state index contributed by atoms with van der Waals surface area (Å²) in [4.78, 5) is 12.0. The van der Waals surface area contributed by atoms with E-state index in [1.807, 2.05) is 39.0 Å². The van der Waals surface area contributed by atoms with E-state index in [-0.39, 0.29) is 25.1 Å². The number of hydrogen-bond acceptors (Lipinski definition) is 3. The largest absolute Gasteiger partial charge is 0.491 e. The number of amides is 1. The summed E-state index contributed by atoms with van der Waals surface area (Å²) in [6.45, 7) is 5.62. The van der Waals surface area contributed by atoms with Crippen molar-refractivity contribution in [3.8, 4) is 5.75 Å². The van der Waals surface area contributed by atoms with Gasteiger partial charge in [0.2, 0.25) is 5.91 Å². The van der Waals surface area contributed by atoms with Gasteiger partial charge in [-0.1, -0.05) is 12.1 Å². The van der Waals surface area contributed by atoms with Crippen molar-refractivity contribution in [3.05, 3.63) is 29.3 Å². The van der Waals surface area contributed by atoms with Crippen molar-refractivity contribution in [2.24, 2.45) is 0 Å². The third-order valence-electron chi connectivity index (χ3n) is 3.46. The standard InChI is InChI=1S/C16H22F2N2O2.ClH/c1-10(2)22-14-6-11(3)4-5-12(14)8-19-15(21)13-7-16(17,18)9-20-13;/h4-6,10,13,20H,7-9H2,1-3H3,(H,19,21);1H. The second kappa shape index (κ2) is 7.93. The lowest BCUT2D eigenvalue weighted by Crippen LogP contribution is -2.40. The SMILES string of the molecule is Cc1ccc(CNC(=O)C2CC(F)(F)CN2)c(OC(C)C)c1.Cl. The van der Waals surface area contributed by atoms with Gasteiger partial charge in [-0.2, -0.15) is 0 Å². The van der Waals surface area contributed by atoms with Crippen molar-refractivity contribution < 1.29 is 18.3 Å². The van der Waals surface area contributed by atoms with Crippen LogP contribution in [0.1, 0.15) is 31.4 Å². The highest BCUT2D eigenvalue weighted by molar-refractivity contribution is 5.85. The fourth-order valence-electron chi connectivity index (χ4n) is 2.38. The van der Waals surface area contributed by atoms with Gasteiger partial charge >= 0.3 is 0 Å². The Bertz CT molecular complexity index is 553. The zero-order valence-corrected chi connectivity index (χ0v) is 14.3. The van der Waals surface area contributed by atoms with Crippen LogP contribution in [-0.4, -0.2) is 30.5 Å². The highest BCUT2D eigenvalue weighted by Crippen LogP contribution is 2.25. The second-order valence-corrected chi connectivity index (χ2v) is 5.99. The molecule has 0 bridgehead atoms. The van der Waals surface area contributed by atoms with Gasteiger partial charge in [0.1, 0.15) is 5.75 Å². The van der Waals surface area contributed by atoms with Crippen molar-refractivity contribution in [2.45, 2.75) is 51.8 Å². The zero-order chi connectivity index (χ0) is 16.3. The van der Waals surface area contributed by atoms with Gasteiger partial charge in [0.05, 0.1) is 18.7 Å². The Kier molecular flexibility index (Phi) is 6.77. The number of halogens is 3. The Labute approximate surface area is 141 Å². The zero-order valence-electron chi connectivity index (χ0n) is 13.5. The maximum Gasteiger partial charge on any atom is 0.262 e. The van der Waals surface area contributed by atoms with Gasteiger partial charge in [-0.3, -0.25) is 10.1 Å². The fourth-order valence-corrected chi connectivity index (χ4v) is 2.38. The number of rotatable bonds is 5. The predicted molar refractivity (Wildman–Crippen MR) is 87.4 cm³/mol.